The fourth-order valence-electron chi connectivity index (χ4n) is 5.95. The van der Waals surface area contributed by atoms with Gasteiger partial charge in [-0.25, -0.2) is 14.4 Å². The zero-order valence-electron chi connectivity index (χ0n) is 22.9. The largest absolute Gasteiger partial charge is 0.416 e. The number of pyridine rings is 1. The lowest BCUT2D eigenvalue weighted by Crippen LogP contribution is -2.52. The minimum absolute atomic E-state index is 0.108. The Labute approximate surface area is 252 Å². The van der Waals surface area contributed by atoms with Crippen molar-refractivity contribution in [3.05, 3.63) is 76.1 Å². The highest BCUT2D eigenvalue weighted by Gasteiger charge is 2.39. The van der Waals surface area contributed by atoms with Gasteiger partial charge in [0.05, 0.1) is 31.5 Å². The number of nitrogens with one attached hydrogen (secondary N) is 1. The summed E-state index contributed by atoms with van der Waals surface area (Å²) in [4.78, 5) is 49.5. The third-order valence-electron chi connectivity index (χ3n) is 8.25. The molecule has 2 saturated heterocycles. The fraction of sp³-hybridized carbons (Fsp3) is 0.300. The number of amides is 3. The van der Waals surface area contributed by atoms with E-state index in [1.54, 1.807) is 34.0 Å². The Bertz CT molecular complexity index is 1870. The van der Waals surface area contributed by atoms with Gasteiger partial charge in [0.1, 0.15) is 23.5 Å². The van der Waals surface area contributed by atoms with E-state index in [0.29, 0.717) is 40.2 Å². The van der Waals surface area contributed by atoms with Gasteiger partial charge in [-0.3, -0.25) is 19.7 Å². The van der Waals surface area contributed by atoms with Gasteiger partial charge >= 0.3 is 6.18 Å². The number of aromatic nitrogens is 3. The molecule has 2 fully saturated rings. The molecule has 3 aliphatic heterocycles. The first-order valence-electron chi connectivity index (χ1n) is 13.8. The third-order valence-corrected chi connectivity index (χ3v) is 8.56. The van der Waals surface area contributed by atoms with E-state index in [-0.39, 0.29) is 49.3 Å². The van der Waals surface area contributed by atoms with Crippen molar-refractivity contribution in [2.45, 2.75) is 44.3 Å². The third kappa shape index (κ3) is 4.84. The first-order valence-corrected chi connectivity index (χ1v) is 14.2. The number of fused-ring (bicyclic) bond motifs is 2. The number of anilines is 1. The highest BCUT2D eigenvalue weighted by Crippen LogP contribution is 2.39. The first kappa shape index (κ1) is 28.3. The van der Waals surface area contributed by atoms with Crippen LogP contribution < -0.4 is 10.2 Å². The van der Waals surface area contributed by atoms with Gasteiger partial charge in [-0.05, 0) is 41.8 Å². The SMILES string of the molecule is O=C1CCC(N2Cc3cc(Cn4cnc5c(-c6ccc(C(F)(F)F)cc6Cl)cc(N6CC(F)C6)nc54)ccc3C2=O)C(=O)N1. The van der Waals surface area contributed by atoms with Crippen LogP contribution in [0.3, 0.4) is 0 Å². The smallest absolute Gasteiger partial charge is 0.351 e. The molecule has 2 aromatic heterocycles. The second kappa shape index (κ2) is 10.3. The summed E-state index contributed by atoms with van der Waals surface area (Å²) in [7, 11) is 0. The Kier molecular flexibility index (Phi) is 6.61. The molecule has 0 saturated carbocycles. The average Bonchev–Trinajstić information content (AvgIpc) is 3.50. The molecular formula is C30H23ClF4N6O3. The van der Waals surface area contributed by atoms with Crippen LogP contribution in [0.1, 0.15) is 39.9 Å². The molecule has 1 atom stereocenters. The Balaban J connectivity index is 1.22. The van der Waals surface area contributed by atoms with Crippen LogP contribution in [0.15, 0.2) is 48.8 Å². The highest BCUT2D eigenvalue weighted by atomic mass is 35.5. The number of hydrogen-bond acceptors (Lipinski definition) is 6. The molecule has 1 N–H and O–H groups in total. The van der Waals surface area contributed by atoms with E-state index in [1.165, 1.54) is 11.0 Å². The number of benzene rings is 2. The second-order valence-corrected chi connectivity index (χ2v) is 11.6. The van der Waals surface area contributed by atoms with Crippen LogP contribution in [-0.4, -0.2) is 62.5 Å². The molecule has 44 heavy (non-hydrogen) atoms. The number of imidazole rings is 1. The lowest BCUT2D eigenvalue weighted by molar-refractivity contribution is -0.138. The van der Waals surface area contributed by atoms with Crippen LogP contribution in [0.4, 0.5) is 23.4 Å². The van der Waals surface area contributed by atoms with Gasteiger partial charge in [0.15, 0.2) is 5.65 Å². The Morgan fingerprint density at radius 3 is 2.48 bits per heavy atom. The summed E-state index contributed by atoms with van der Waals surface area (Å²) in [5.41, 5.74) is 2.79. The molecule has 3 amide bonds. The van der Waals surface area contributed by atoms with Gasteiger partial charge in [0.25, 0.3) is 5.91 Å². The summed E-state index contributed by atoms with van der Waals surface area (Å²) >= 11 is 6.36. The summed E-state index contributed by atoms with van der Waals surface area (Å²) < 4.78 is 55.4. The van der Waals surface area contributed by atoms with Crippen LogP contribution in [0.2, 0.25) is 5.02 Å². The average molecular weight is 627 g/mol. The number of nitrogens with zero attached hydrogens (tertiary/aromatic N) is 5. The van der Waals surface area contributed by atoms with E-state index < -0.39 is 29.9 Å². The maximum absolute atomic E-state index is 13.8. The van der Waals surface area contributed by atoms with Gasteiger partial charge in [-0.15, -0.1) is 0 Å². The quantitative estimate of drug-likeness (QED) is 0.254. The number of halogens is 5. The fourth-order valence-corrected chi connectivity index (χ4v) is 6.23. The summed E-state index contributed by atoms with van der Waals surface area (Å²) in [5, 5.41) is 2.18. The number of alkyl halides is 4. The van der Waals surface area contributed by atoms with Gasteiger partial charge in [0.2, 0.25) is 11.8 Å². The van der Waals surface area contributed by atoms with Crippen molar-refractivity contribution in [2.24, 2.45) is 0 Å². The number of piperidine rings is 1. The number of imide groups is 1. The second-order valence-electron chi connectivity index (χ2n) is 11.2. The Morgan fingerprint density at radius 1 is 1.00 bits per heavy atom. The van der Waals surface area contributed by atoms with Crippen molar-refractivity contribution < 1.29 is 31.9 Å². The summed E-state index contributed by atoms with van der Waals surface area (Å²) in [5.74, 6) is -0.679. The molecule has 0 spiro atoms. The maximum Gasteiger partial charge on any atom is 0.416 e. The topological polar surface area (TPSA) is 100 Å². The predicted octanol–water partition coefficient (Wildman–Crippen LogP) is 4.74. The van der Waals surface area contributed by atoms with Crippen molar-refractivity contribution >= 4 is 46.3 Å². The van der Waals surface area contributed by atoms with Gasteiger partial charge < -0.3 is 14.4 Å². The molecule has 226 valence electrons. The summed E-state index contributed by atoms with van der Waals surface area (Å²) in [6.45, 7) is 0.779. The number of hydrogen-bond donors (Lipinski definition) is 1. The van der Waals surface area contributed by atoms with E-state index >= 15 is 0 Å². The normalized spacial score (nSPS) is 19.0. The van der Waals surface area contributed by atoms with E-state index in [2.05, 4.69) is 10.3 Å². The van der Waals surface area contributed by atoms with Crippen molar-refractivity contribution in [1.82, 2.24) is 24.8 Å². The van der Waals surface area contributed by atoms with E-state index in [1.807, 2.05) is 6.07 Å². The lowest BCUT2D eigenvalue weighted by Gasteiger charge is -2.35. The molecule has 5 heterocycles. The summed E-state index contributed by atoms with van der Waals surface area (Å²) in [6, 6.07) is 9.40. The predicted molar refractivity (Wildman–Crippen MR) is 152 cm³/mol. The molecule has 1 unspecified atom stereocenters. The van der Waals surface area contributed by atoms with Crippen LogP contribution in [0, 0.1) is 0 Å². The molecule has 0 bridgehead atoms. The van der Waals surface area contributed by atoms with Crippen molar-refractivity contribution in [1.29, 1.82) is 0 Å². The molecule has 14 heteroatoms. The molecular weight excluding hydrogens is 604 g/mol. The number of carbonyl (C=O) groups excluding carboxylic acids is 3. The van der Waals surface area contributed by atoms with Crippen LogP contribution in [0.25, 0.3) is 22.3 Å². The Morgan fingerprint density at radius 2 is 1.77 bits per heavy atom. The number of carbonyl (C=O) groups is 3. The zero-order valence-corrected chi connectivity index (χ0v) is 23.6. The highest BCUT2D eigenvalue weighted by molar-refractivity contribution is 6.33. The van der Waals surface area contributed by atoms with E-state index in [0.717, 1.165) is 23.3 Å². The van der Waals surface area contributed by atoms with Crippen LogP contribution in [-0.2, 0) is 28.9 Å². The molecule has 2 aromatic carbocycles. The maximum atomic E-state index is 13.8. The molecule has 4 aromatic rings. The van der Waals surface area contributed by atoms with Gasteiger partial charge in [-0.2, -0.15) is 13.2 Å². The van der Waals surface area contributed by atoms with Gasteiger partial charge in [0, 0.05) is 34.7 Å². The lowest BCUT2D eigenvalue weighted by atomic mass is 10.0. The zero-order chi connectivity index (χ0) is 30.9. The van der Waals surface area contributed by atoms with E-state index in [9.17, 15) is 31.9 Å². The molecule has 0 radical (unpaired) electrons. The molecule has 7 rings (SSSR count). The minimum atomic E-state index is -4.56. The van der Waals surface area contributed by atoms with Crippen molar-refractivity contribution in [3.8, 4) is 11.1 Å². The monoisotopic (exact) mass is 626 g/mol. The molecule has 9 nitrogen and oxygen atoms in total. The minimum Gasteiger partial charge on any atom is -0.351 e. The first-order chi connectivity index (χ1) is 21.0. The standard InChI is InChI=1S/C30H23ClF4N6O3/c31-22-8-17(30(33,34)35)2-4-20(22)21-9-24(39-12-18(32)13-39)37-27-26(21)36-14-40(27)10-15-1-3-19-16(7-15)11-41(29(19)44)23-5-6-25(42)38-28(23)43/h1-4,7-9,14,18,23H,5-6,10-13H2,(H,38,42,43). The Hall–Kier alpha value is -4.52. The molecule has 0 aliphatic carbocycles. The van der Waals surface area contributed by atoms with E-state index in [4.69, 9.17) is 16.6 Å². The van der Waals surface area contributed by atoms with Gasteiger partial charge in [-0.1, -0.05) is 29.8 Å². The van der Waals surface area contributed by atoms with Crippen molar-refractivity contribution in [2.75, 3.05) is 18.0 Å². The van der Waals surface area contributed by atoms with Crippen molar-refractivity contribution in [3.63, 3.8) is 0 Å². The summed E-state index contributed by atoms with van der Waals surface area (Å²) in [6.07, 6.45) is -3.59. The van der Waals surface area contributed by atoms with Crippen LogP contribution >= 0.6 is 11.6 Å². The number of rotatable bonds is 5. The molecule has 3 aliphatic rings. The van der Waals surface area contributed by atoms with Crippen LogP contribution in [0.5, 0.6) is 0 Å².